The first-order chi connectivity index (χ1) is 16.6. The van der Waals surface area contributed by atoms with Crippen LogP contribution in [0.4, 0.5) is 0 Å². The number of carbonyl (C=O) groups is 1. The Hall–Kier alpha value is -0.230. The van der Waals surface area contributed by atoms with Gasteiger partial charge >= 0.3 is 21.2 Å². The highest BCUT2D eigenvalue weighted by molar-refractivity contribution is 7.75. The van der Waals surface area contributed by atoms with E-state index in [9.17, 15) is 23.7 Å². The number of hydrogen-bond donors (Lipinski definition) is 2. The Labute approximate surface area is 214 Å². The summed E-state index contributed by atoms with van der Waals surface area (Å²) in [5.74, 6) is -1.26. The van der Waals surface area contributed by atoms with Crippen LogP contribution in [-0.4, -0.2) is 40.5 Å². The van der Waals surface area contributed by atoms with Gasteiger partial charge in [-0.25, -0.2) is 0 Å². The maximum absolute atomic E-state index is 13.1. The third kappa shape index (κ3) is 13.2. The Morgan fingerprint density at radius 1 is 0.629 bits per heavy atom. The van der Waals surface area contributed by atoms with Crippen molar-refractivity contribution in [3.05, 3.63) is 0 Å². The van der Waals surface area contributed by atoms with Crippen molar-refractivity contribution in [3.63, 3.8) is 0 Å². The van der Waals surface area contributed by atoms with E-state index in [1.165, 1.54) is 45.4 Å². The molecule has 2 N–H and O–H groups in total. The Balaban J connectivity index is 4.78. The van der Waals surface area contributed by atoms with E-state index in [1.54, 1.807) is 0 Å². The molecule has 10 heteroatoms. The number of carbonyl (C=O) groups excluding carboxylic acids is 1. The molecule has 0 radical (unpaired) electrons. The van der Waals surface area contributed by atoms with Crippen LogP contribution >= 0.6 is 15.2 Å². The quantitative estimate of drug-likeness (QED) is 0.0716. The van der Waals surface area contributed by atoms with Crippen LogP contribution in [0, 0.1) is 0 Å². The summed E-state index contributed by atoms with van der Waals surface area (Å²) in [5.41, 5.74) is 0. The molecule has 0 amide bonds. The normalized spacial score (nSPS) is 16.9. The van der Waals surface area contributed by atoms with E-state index in [0.717, 1.165) is 58.3 Å². The summed E-state index contributed by atoms with van der Waals surface area (Å²) in [6.45, 7) is 6.51. The first kappa shape index (κ1) is 34.8. The van der Waals surface area contributed by atoms with Gasteiger partial charge in [-0.1, -0.05) is 104 Å². The molecule has 0 saturated heterocycles. The molecule has 0 spiro atoms. The number of ether oxygens (including phenoxy) is 1. The summed E-state index contributed by atoms with van der Waals surface area (Å²) in [7, 11) is -9.76. The average Bonchev–Trinajstić information content (AvgIpc) is 2.81. The van der Waals surface area contributed by atoms with Crippen molar-refractivity contribution >= 4 is 21.2 Å². The smallest absolute Gasteiger partial charge is 0.357 e. The van der Waals surface area contributed by atoms with Crippen LogP contribution in [0.1, 0.15) is 130 Å². The summed E-state index contributed by atoms with van der Waals surface area (Å²) in [4.78, 5) is 31.2. The predicted molar refractivity (Wildman–Crippen MR) is 142 cm³/mol. The highest BCUT2D eigenvalue weighted by atomic mass is 31.2. The minimum absolute atomic E-state index is 0.0875. The zero-order chi connectivity index (χ0) is 26.6. The highest BCUT2D eigenvalue weighted by Crippen LogP contribution is 2.73. The van der Waals surface area contributed by atoms with Crippen molar-refractivity contribution in [1.29, 1.82) is 0 Å². The van der Waals surface area contributed by atoms with Gasteiger partial charge in [0.25, 0.3) is 4.90 Å². The topological polar surface area (TPSA) is 119 Å². The SMILES string of the molecule is CCCCCCCCCCOP(=O)(O)C(C)(C(=O)OCC)P(=O)(O)OCCCCCCCCCC. The lowest BCUT2D eigenvalue weighted by Crippen LogP contribution is -2.38. The van der Waals surface area contributed by atoms with Gasteiger partial charge in [0.2, 0.25) is 0 Å². The molecule has 0 aliphatic rings. The fraction of sp³-hybridized carbons (Fsp3) is 0.960. The second kappa shape index (κ2) is 19.8. The highest BCUT2D eigenvalue weighted by Gasteiger charge is 2.66. The lowest BCUT2D eigenvalue weighted by Gasteiger charge is -2.33. The molecule has 0 saturated carbocycles. The molecule has 0 aromatic carbocycles. The second-order valence-corrected chi connectivity index (χ2v) is 14.1. The monoisotopic (exact) mass is 542 g/mol. The standard InChI is InChI=1S/C25H52O8P2/c1-5-8-10-12-14-16-18-20-22-32-34(27,28)25(4,24(26)31-7-3)35(29,30)33-23-21-19-17-15-13-11-9-6-2/h5-23H2,1-4H3,(H,27,28)(H,29,30). The number of hydrogen-bond acceptors (Lipinski definition) is 6. The van der Waals surface area contributed by atoms with Crippen molar-refractivity contribution < 1.29 is 37.5 Å². The molecule has 0 fully saturated rings. The minimum atomic E-state index is -4.88. The molecule has 0 rings (SSSR count). The maximum atomic E-state index is 13.1. The summed E-state index contributed by atoms with van der Waals surface area (Å²) in [5, 5.41) is 0. The molecule has 0 aromatic heterocycles. The predicted octanol–water partition coefficient (Wildman–Crippen LogP) is 7.95. The molecule has 0 aliphatic heterocycles. The first-order valence-electron chi connectivity index (χ1n) is 13.7. The molecule has 0 bridgehead atoms. The van der Waals surface area contributed by atoms with E-state index in [2.05, 4.69) is 13.8 Å². The van der Waals surface area contributed by atoms with Crippen LogP contribution in [0.3, 0.4) is 0 Å². The van der Waals surface area contributed by atoms with Gasteiger partial charge in [-0.2, -0.15) is 0 Å². The van der Waals surface area contributed by atoms with E-state index in [1.807, 2.05) is 0 Å². The fourth-order valence-electron chi connectivity index (χ4n) is 3.76. The van der Waals surface area contributed by atoms with Crippen LogP contribution in [0.2, 0.25) is 0 Å². The molecular formula is C25H52O8P2. The molecule has 2 atom stereocenters. The molecule has 0 heterocycles. The number of unbranched alkanes of at least 4 members (excludes halogenated alkanes) is 14. The van der Waals surface area contributed by atoms with E-state index < -0.39 is 26.1 Å². The van der Waals surface area contributed by atoms with Gasteiger partial charge in [-0.05, 0) is 26.7 Å². The van der Waals surface area contributed by atoms with Crippen molar-refractivity contribution in [2.75, 3.05) is 19.8 Å². The van der Waals surface area contributed by atoms with Gasteiger partial charge in [0.05, 0.1) is 19.8 Å². The maximum Gasteiger partial charge on any atom is 0.357 e. The molecular weight excluding hydrogens is 490 g/mol. The zero-order valence-electron chi connectivity index (χ0n) is 22.7. The Morgan fingerprint density at radius 3 is 1.26 bits per heavy atom. The van der Waals surface area contributed by atoms with Gasteiger partial charge in [0.15, 0.2) is 0 Å². The summed E-state index contributed by atoms with van der Waals surface area (Å²) in [6.07, 6.45) is 16.4. The molecule has 8 nitrogen and oxygen atoms in total. The van der Waals surface area contributed by atoms with E-state index in [4.69, 9.17) is 13.8 Å². The molecule has 0 aliphatic carbocycles. The van der Waals surface area contributed by atoms with Crippen LogP contribution in [0.15, 0.2) is 0 Å². The van der Waals surface area contributed by atoms with Crippen LogP contribution in [-0.2, 0) is 27.7 Å². The lowest BCUT2D eigenvalue weighted by molar-refractivity contribution is -0.144. The summed E-state index contributed by atoms with van der Waals surface area (Å²) in [6, 6.07) is 0. The number of rotatable bonds is 24. The third-order valence-electron chi connectivity index (χ3n) is 6.29. The van der Waals surface area contributed by atoms with Crippen LogP contribution in [0.25, 0.3) is 0 Å². The Morgan fingerprint density at radius 2 is 0.943 bits per heavy atom. The lowest BCUT2D eigenvalue weighted by atomic mass is 10.1. The summed E-state index contributed by atoms with van der Waals surface area (Å²) < 4.78 is 41.4. The average molecular weight is 543 g/mol. The van der Waals surface area contributed by atoms with Crippen LogP contribution < -0.4 is 0 Å². The van der Waals surface area contributed by atoms with Gasteiger partial charge in [0, 0.05) is 0 Å². The first-order valence-corrected chi connectivity index (χ1v) is 16.9. The molecule has 2 unspecified atom stereocenters. The van der Waals surface area contributed by atoms with Gasteiger partial charge < -0.3 is 23.6 Å². The van der Waals surface area contributed by atoms with Crippen molar-refractivity contribution in [1.82, 2.24) is 0 Å². The molecule has 35 heavy (non-hydrogen) atoms. The minimum Gasteiger partial charge on any atom is -0.465 e. The second-order valence-electron chi connectivity index (χ2n) is 9.40. The van der Waals surface area contributed by atoms with Crippen molar-refractivity contribution in [2.45, 2.75) is 135 Å². The van der Waals surface area contributed by atoms with Gasteiger partial charge in [-0.3, -0.25) is 13.9 Å². The van der Waals surface area contributed by atoms with E-state index in [0.29, 0.717) is 12.8 Å². The van der Waals surface area contributed by atoms with Crippen LogP contribution in [0.5, 0.6) is 0 Å². The summed E-state index contributed by atoms with van der Waals surface area (Å²) >= 11 is 0. The Bertz CT molecular complexity index is 599. The zero-order valence-corrected chi connectivity index (χ0v) is 24.5. The number of esters is 1. The van der Waals surface area contributed by atoms with Gasteiger partial charge in [-0.15, -0.1) is 0 Å². The fourth-order valence-corrected chi connectivity index (χ4v) is 7.23. The largest absolute Gasteiger partial charge is 0.465 e. The Kier molecular flexibility index (Phi) is 19.7. The third-order valence-corrected chi connectivity index (χ3v) is 11.4. The van der Waals surface area contributed by atoms with Crippen molar-refractivity contribution in [3.8, 4) is 0 Å². The van der Waals surface area contributed by atoms with Crippen molar-refractivity contribution in [2.24, 2.45) is 0 Å². The van der Waals surface area contributed by atoms with E-state index in [-0.39, 0.29) is 19.8 Å². The van der Waals surface area contributed by atoms with Gasteiger partial charge in [0.1, 0.15) is 0 Å². The van der Waals surface area contributed by atoms with E-state index >= 15 is 0 Å². The molecule has 0 aromatic rings. The molecule has 210 valence electrons.